The van der Waals surface area contributed by atoms with E-state index >= 15 is 0 Å². The fraction of sp³-hybridized carbons (Fsp3) is 0. The fourth-order valence-electron chi connectivity index (χ4n) is 3.27. The average molecular weight is 399 g/mol. The van der Waals surface area contributed by atoms with E-state index < -0.39 is 0 Å². The molecule has 3 heterocycles. The molecule has 0 spiro atoms. The fourth-order valence-corrected chi connectivity index (χ4v) is 3.53. The van der Waals surface area contributed by atoms with Crippen LogP contribution in [0, 0.1) is 11.3 Å². The first-order valence-electron chi connectivity index (χ1n) is 8.67. The summed E-state index contributed by atoms with van der Waals surface area (Å²) in [6.45, 7) is 0. The van der Waals surface area contributed by atoms with Crippen molar-refractivity contribution in [1.29, 1.82) is 5.26 Å². The number of nitrogens with zero attached hydrogens (tertiary/aromatic N) is 4. The minimum absolute atomic E-state index is 0.225. The summed E-state index contributed by atoms with van der Waals surface area (Å²) in [6, 6.07) is 14.2. The number of rotatable bonds is 2. The largest absolute Gasteiger partial charge is 0.345 e. The molecule has 0 amide bonds. The van der Waals surface area contributed by atoms with Gasteiger partial charge in [-0.2, -0.15) is 5.26 Å². The second-order valence-corrected chi connectivity index (χ2v) is 6.82. The van der Waals surface area contributed by atoms with Crippen LogP contribution in [-0.2, 0) is 0 Å². The van der Waals surface area contributed by atoms with E-state index in [2.05, 4.69) is 31.0 Å². The highest BCUT2D eigenvalue weighted by molar-refractivity contribution is 6.35. The van der Waals surface area contributed by atoms with E-state index in [9.17, 15) is 10.1 Å². The molecule has 7 nitrogen and oxygen atoms in total. The van der Waals surface area contributed by atoms with Gasteiger partial charge in [0.2, 0.25) is 5.43 Å². The first-order valence-corrected chi connectivity index (χ1v) is 9.05. The molecule has 5 rings (SSSR count). The van der Waals surface area contributed by atoms with Crippen molar-refractivity contribution in [1.82, 2.24) is 24.9 Å². The minimum atomic E-state index is -0.237. The molecule has 2 N–H and O–H groups in total. The molecule has 0 saturated heterocycles. The standard InChI is InChI=1S/C21H11ClN6O/c22-14-7-13(8-15-19(14)26-10-25-15)18-17(12-3-1-2-11(6-12)9-23)28-21-20(27-18)16(29)4-5-24-21/h1-8,10H,(H,25,26)(H,24,28,29). The molecule has 8 heteroatoms. The van der Waals surface area contributed by atoms with Gasteiger partial charge in [-0.25, -0.2) is 15.0 Å². The number of fused-ring (bicyclic) bond motifs is 2. The van der Waals surface area contributed by atoms with Gasteiger partial charge < -0.3 is 9.97 Å². The van der Waals surface area contributed by atoms with Gasteiger partial charge in [0.15, 0.2) is 11.2 Å². The molecule has 5 aromatic rings. The summed E-state index contributed by atoms with van der Waals surface area (Å²) in [4.78, 5) is 31.8. The van der Waals surface area contributed by atoms with Crippen molar-refractivity contribution < 1.29 is 0 Å². The Morgan fingerprint density at radius 1 is 0.966 bits per heavy atom. The maximum absolute atomic E-state index is 12.3. The maximum atomic E-state index is 12.3. The normalized spacial score (nSPS) is 11.0. The van der Waals surface area contributed by atoms with Gasteiger partial charge in [0.1, 0.15) is 5.52 Å². The number of pyridine rings is 1. The molecule has 0 bridgehead atoms. The number of imidazole rings is 1. The molecular formula is C21H11ClN6O. The molecular weight excluding hydrogens is 388 g/mol. The Kier molecular flexibility index (Phi) is 3.86. The third-order valence-electron chi connectivity index (χ3n) is 4.60. The highest BCUT2D eigenvalue weighted by Gasteiger charge is 2.17. The van der Waals surface area contributed by atoms with Gasteiger partial charge in [-0.1, -0.05) is 23.7 Å². The molecule has 0 fully saturated rings. The smallest absolute Gasteiger partial charge is 0.209 e. The van der Waals surface area contributed by atoms with Crippen molar-refractivity contribution in [2.45, 2.75) is 0 Å². The molecule has 2 aromatic carbocycles. The van der Waals surface area contributed by atoms with Gasteiger partial charge in [0.05, 0.1) is 39.9 Å². The van der Waals surface area contributed by atoms with Crippen LogP contribution in [0.5, 0.6) is 0 Å². The van der Waals surface area contributed by atoms with Crippen molar-refractivity contribution in [3.8, 4) is 28.6 Å². The Morgan fingerprint density at radius 3 is 2.69 bits per heavy atom. The van der Waals surface area contributed by atoms with Crippen molar-refractivity contribution in [3.05, 3.63) is 75.8 Å². The molecule has 138 valence electrons. The number of halogens is 1. The van der Waals surface area contributed by atoms with Crippen LogP contribution < -0.4 is 5.43 Å². The molecule has 0 saturated carbocycles. The lowest BCUT2D eigenvalue weighted by atomic mass is 10.0. The van der Waals surface area contributed by atoms with Crippen LogP contribution in [0.2, 0.25) is 5.02 Å². The first-order chi connectivity index (χ1) is 14.1. The molecule has 0 radical (unpaired) electrons. The summed E-state index contributed by atoms with van der Waals surface area (Å²) in [6.07, 6.45) is 3.09. The van der Waals surface area contributed by atoms with Crippen LogP contribution in [0.25, 0.3) is 44.7 Å². The number of benzene rings is 2. The number of hydrogen-bond donors (Lipinski definition) is 2. The van der Waals surface area contributed by atoms with Gasteiger partial charge >= 0.3 is 0 Å². The second kappa shape index (κ2) is 6.55. The van der Waals surface area contributed by atoms with E-state index in [-0.39, 0.29) is 10.9 Å². The third-order valence-corrected chi connectivity index (χ3v) is 4.89. The number of aromatic nitrogens is 5. The minimum Gasteiger partial charge on any atom is -0.345 e. The number of hydrogen-bond acceptors (Lipinski definition) is 5. The number of aromatic amines is 2. The summed E-state index contributed by atoms with van der Waals surface area (Å²) < 4.78 is 0. The molecule has 0 aliphatic heterocycles. The Morgan fingerprint density at radius 2 is 1.83 bits per heavy atom. The van der Waals surface area contributed by atoms with Crippen LogP contribution in [-0.4, -0.2) is 24.9 Å². The van der Waals surface area contributed by atoms with Crippen LogP contribution in [0.15, 0.2) is 59.8 Å². The molecule has 29 heavy (non-hydrogen) atoms. The zero-order valence-electron chi connectivity index (χ0n) is 14.8. The molecule has 0 aliphatic carbocycles. The first kappa shape index (κ1) is 17.1. The maximum Gasteiger partial charge on any atom is 0.209 e. The number of nitrogens with one attached hydrogen (secondary N) is 2. The SMILES string of the molecule is N#Cc1cccc(-c2nc3[nH]ccc(=O)c3nc2-c2cc(Cl)c3nc[nH]c3c2)c1. The van der Waals surface area contributed by atoms with E-state index in [0.717, 1.165) is 5.52 Å². The lowest BCUT2D eigenvalue weighted by Gasteiger charge is -2.11. The summed E-state index contributed by atoms with van der Waals surface area (Å²) >= 11 is 6.41. The van der Waals surface area contributed by atoms with E-state index in [4.69, 9.17) is 11.6 Å². The lowest BCUT2D eigenvalue weighted by Crippen LogP contribution is -2.06. The van der Waals surface area contributed by atoms with Gasteiger partial charge in [-0.15, -0.1) is 0 Å². The summed E-state index contributed by atoms with van der Waals surface area (Å²) in [5.74, 6) is 0. The zero-order valence-corrected chi connectivity index (χ0v) is 15.5. The number of H-pyrrole nitrogens is 2. The Hall–Kier alpha value is -4.02. The molecule has 0 atom stereocenters. The van der Waals surface area contributed by atoms with Gasteiger partial charge in [-0.05, 0) is 24.3 Å². The summed E-state index contributed by atoms with van der Waals surface area (Å²) in [5.41, 5.74) is 4.66. The highest BCUT2D eigenvalue weighted by atomic mass is 35.5. The van der Waals surface area contributed by atoms with E-state index in [1.54, 1.807) is 30.6 Å². The molecule has 0 aliphatic rings. The van der Waals surface area contributed by atoms with E-state index in [1.165, 1.54) is 12.3 Å². The predicted octanol–water partition coefficient (Wildman–Crippen LogP) is 4.05. The summed E-state index contributed by atoms with van der Waals surface area (Å²) in [5, 5.41) is 9.73. The number of nitriles is 1. The van der Waals surface area contributed by atoms with Crippen LogP contribution in [0.1, 0.15) is 5.56 Å². The average Bonchev–Trinajstić information content (AvgIpc) is 3.23. The van der Waals surface area contributed by atoms with Crippen molar-refractivity contribution in [2.75, 3.05) is 0 Å². The Bertz CT molecular complexity index is 1510. The Labute approximate surface area is 168 Å². The van der Waals surface area contributed by atoms with Crippen molar-refractivity contribution >= 4 is 33.8 Å². The van der Waals surface area contributed by atoms with Crippen molar-refractivity contribution in [2.24, 2.45) is 0 Å². The van der Waals surface area contributed by atoms with Crippen LogP contribution in [0.3, 0.4) is 0 Å². The monoisotopic (exact) mass is 398 g/mol. The van der Waals surface area contributed by atoms with E-state index in [0.29, 0.717) is 44.3 Å². The van der Waals surface area contributed by atoms with Gasteiger partial charge in [-0.3, -0.25) is 4.79 Å². The predicted molar refractivity (Wildman–Crippen MR) is 110 cm³/mol. The highest BCUT2D eigenvalue weighted by Crippen LogP contribution is 2.34. The van der Waals surface area contributed by atoms with Gasteiger partial charge in [0.25, 0.3) is 0 Å². The lowest BCUT2D eigenvalue weighted by molar-refractivity contribution is 1.21. The van der Waals surface area contributed by atoms with Crippen LogP contribution in [0.4, 0.5) is 0 Å². The summed E-state index contributed by atoms with van der Waals surface area (Å²) in [7, 11) is 0. The Balaban J connectivity index is 1.87. The quantitative estimate of drug-likeness (QED) is 0.466. The third kappa shape index (κ3) is 2.83. The van der Waals surface area contributed by atoms with Crippen molar-refractivity contribution in [3.63, 3.8) is 0 Å². The second-order valence-electron chi connectivity index (χ2n) is 6.41. The topological polar surface area (TPSA) is 111 Å². The zero-order chi connectivity index (χ0) is 20.0. The molecule has 0 unspecified atom stereocenters. The van der Waals surface area contributed by atoms with Crippen LogP contribution >= 0.6 is 11.6 Å². The van der Waals surface area contributed by atoms with E-state index in [1.807, 2.05) is 12.1 Å². The van der Waals surface area contributed by atoms with Gasteiger partial charge in [0, 0.05) is 23.4 Å². The molecule has 3 aromatic heterocycles.